The third-order valence-electron chi connectivity index (χ3n) is 3.13. The summed E-state index contributed by atoms with van der Waals surface area (Å²) in [4.78, 5) is 0. The summed E-state index contributed by atoms with van der Waals surface area (Å²) in [5, 5.41) is 12.0. The van der Waals surface area contributed by atoms with Crippen LogP contribution in [-0.4, -0.2) is 20.2 Å². The fourth-order valence-electron chi connectivity index (χ4n) is 2.05. The molecule has 106 valence electrons. The van der Waals surface area contributed by atoms with Crippen LogP contribution in [0.3, 0.4) is 0 Å². The van der Waals surface area contributed by atoms with E-state index in [1.165, 1.54) is 10.7 Å². The Kier molecular flexibility index (Phi) is 3.31. The van der Waals surface area contributed by atoms with Crippen LogP contribution in [0.1, 0.15) is 5.56 Å². The van der Waals surface area contributed by atoms with Crippen molar-refractivity contribution in [3.63, 3.8) is 0 Å². The Hall–Kier alpha value is -2.47. The second-order valence-electron chi connectivity index (χ2n) is 4.55. The fourth-order valence-corrected chi connectivity index (χ4v) is 2.32. The molecule has 0 bridgehead atoms. The highest BCUT2D eigenvalue weighted by atomic mass is 35.5. The van der Waals surface area contributed by atoms with E-state index in [2.05, 4.69) is 15.5 Å². The molecule has 0 aliphatic heterocycles. The van der Waals surface area contributed by atoms with Crippen LogP contribution >= 0.6 is 11.6 Å². The first kappa shape index (κ1) is 13.5. The maximum atomic E-state index is 13.4. The molecule has 0 radical (unpaired) electrons. The molecule has 3 aromatic rings. The zero-order chi connectivity index (χ0) is 15.0. The minimum Gasteiger partial charge on any atom is -0.398 e. The summed E-state index contributed by atoms with van der Waals surface area (Å²) >= 11 is 6.19. The molecule has 2 aromatic carbocycles. The molecule has 0 atom stereocenters. The maximum Gasteiger partial charge on any atom is 0.190 e. The van der Waals surface area contributed by atoms with E-state index in [1.54, 1.807) is 37.3 Å². The number of hydrogen-bond donors (Lipinski definition) is 1. The quantitative estimate of drug-likeness (QED) is 0.739. The lowest BCUT2D eigenvalue weighted by molar-refractivity contribution is 0.617. The van der Waals surface area contributed by atoms with Crippen LogP contribution in [0.2, 0.25) is 5.02 Å². The molecule has 0 spiro atoms. The van der Waals surface area contributed by atoms with Gasteiger partial charge in [0.1, 0.15) is 5.82 Å². The lowest BCUT2D eigenvalue weighted by Crippen LogP contribution is -2.03. The van der Waals surface area contributed by atoms with Gasteiger partial charge in [-0.05, 0) is 53.2 Å². The van der Waals surface area contributed by atoms with Gasteiger partial charge >= 0.3 is 0 Å². The number of rotatable bonds is 2. The van der Waals surface area contributed by atoms with Gasteiger partial charge in [0, 0.05) is 5.69 Å². The van der Waals surface area contributed by atoms with Gasteiger partial charge in [0.2, 0.25) is 0 Å². The van der Waals surface area contributed by atoms with E-state index in [-0.39, 0.29) is 5.82 Å². The number of hydrogen-bond acceptors (Lipinski definition) is 4. The van der Waals surface area contributed by atoms with Gasteiger partial charge in [0.05, 0.1) is 16.3 Å². The highest BCUT2D eigenvalue weighted by Crippen LogP contribution is 2.32. The standard InChI is InChI=1S/C14H11ClFN5/c1-8-7-9(5-6-11(8)16)21-14(18-19-20-21)13-10(15)3-2-4-12(13)17/h2-7H,17H2,1H3. The van der Waals surface area contributed by atoms with Crippen molar-refractivity contribution in [2.24, 2.45) is 0 Å². The van der Waals surface area contributed by atoms with Crippen LogP contribution < -0.4 is 5.73 Å². The van der Waals surface area contributed by atoms with E-state index < -0.39 is 0 Å². The number of anilines is 1. The maximum absolute atomic E-state index is 13.4. The Morgan fingerprint density at radius 2 is 2.05 bits per heavy atom. The van der Waals surface area contributed by atoms with Crippen LogP contribution in [0.25, 0.3) is 17.1 Å². The highest BCUT2D eigenvalue weighted by molar-refractivity contribution is 6.33. The van der Waals surface area contributed by atoms with E-state index in [0.29, 0.717) is 33.3 Å². The Balaban J connectivity index is 2.20. The van der Waals surface area contributed by atoms with Gasteiger partial charge < -0.3 is 5.73 Å². The molecular weight excluding hydrogens is 293 g/mol. The van der Waals surface area contributed by atoms with E-state index in [9.17, 15) is 4.39 Å². The Morgan fingerprint density at radius 1 is 1.24 bits per heavy atom. The average Bonchev–Trinajstić information content (AvgIpc) is 2.91. The third kappa shape index (κ3) is 2.34. The van der Waals surface area contributed by atoms with E-state index >= 15 is 0 Å². The molecule has 0 aliphatic carbocycles. The van der Waals surface area contributed by atoms with Gasteiger partial charge in [-0.15, -0.1) is 5.10 Å². The molecule has 3 rings (SSSR count). The molecule has 0 fully saturated rings. The summed E-state index contributed by atoms with van der Waals surface area (Å²) in [6.45, 7) is 1.67. The summed E-state index contributed by atoms with van der Waals surface area (Å²) in [5.74, 6) is 0.120. The van der Waals surface area contributed by atoms with Gasteiger partial charge in [-0.3, -0.25) is 0 Å². The largest absolute Gasteiger partial charge is 0.398 e. The Morgan fingerprint density at radius 3 is 2.76 bits per heavy atom. The molecule has 21 heavy (non-hydrogen) atoms. The molecule has 7 heteroatoms. The second kappa shape index (κ2) is 5.14. The van der Waals surface area contributed by atoms with Crippen molar-refractivity contribution in [2.75, 3.05) is 5.73 Å². The first-order valence-corrected chi connectivity index (χ1v) is 6.55. The molecule has 1 heterocycles. The second-order valence-corrected chi connectivity index (χ2v) is 4.96. The van der Waals surface area contributed by atoms with Crippen LogP contribution in [0.15, 0.2) is 36.4 Å². The third-order valence-corrected chi connectivity index (χ3v) is 3.44. The number of nitrogens with two attached hydrogens (primary N) is 1. The number of benzene rings is 2. The normalized spacial score (nSPS) is 10.8. The monoisotopic (exact) mass is 303 g/mol. The molecule has 0 saturated carbocycles. The molecule has 0 aliphatic rings. The summed E-state index contributed by atoms with van der Waals surface area (Å²) < 4.78 is 14.9. The zero-order valence-corrected chi connectivity index (χ0v) is 11.8. The Labute approximate surface area is 125 Å². The predicted octanol–water partition coefficient (Wildman–Crippen LogP) is 3.01. The molecule has 5 nitrogen and oxygen atoms in total. The van der Waals surface area contributed by atoms with Crippen molar-refractivity contribution >= 4 is 17.3 Å². The van der Waals surface area contributed by atoms with Gasteiger partial charge in [0.15, 0.2) is 5.82 Å². The van der Waals surface area contributed by atoms with E-state index in [1.807, 2.05) is 0 Å². The van der Waals surface area contributed by atoms with Crippen LogP contribution in [-0.2, 0) is 0 Å². The van der Waals surface area contributed by atoms with E-state index in [4.69, 9.17) is 17.3 Å². The first-order chi connectivity index (χ1) is 10.1. The smallest absolute Gasteiger partial charge is 0.190 e. The molecule has 0 amide bonds. The average molecular weight is 304 g/mol. The molecule has 2 N–H and O–H groups in total. The predicted molar refractivity (Wildman–Crippen MR) is 78.7 cm³/mol. The zero-order valence-electron chi connectivity index (χ0n) is 11.1. The topological polar surface area (TPSA) is 69.6 Å². The van der Waals surface area contributed by atoms with Crippen LogP contribution in [0.4, 0.5) is 10.1 Å². The lowest BCUT2D eigenvalue weighted by Gasteiger charge is -2.09. The lowest BCUT2D eigenvalue weighted by atomic mass is 10.1. The first-order valence-electron chi connectivity index (χ1n) is 6.17. The van der Waals surface area contributed by atoms with Crippen LogP contribution in [0, 0.1) is 12.7 Å². The minimum atomic E-state index is -0.286. The van der Waals surface area contributed by atoms with Crippen molar-refractivity contribution in [2.45, 2.75) is 6.92 Å². The van der Waals surface area contributed by atoms with Crippen molar-refractivity contribution in [1.29, 1.82) is 0 Å². The number of nitrogens with zero attached hydrogens (tertiary/aromatic N) is 4. The summed E-state index contributed by atoms with van der Waals surface area (Å²) in [7, 11) is 0. The van der Waals surface area contributed by atoms with Gasteiger partial charge in [0.25, 0.3) is 0 Å². The van der Waals surface area contributed by atoms with Crippen molar-refractivity contribution in [3.05, 3.63) is 52.8 Å². The van der Waals surface area contributed by atoms with Gasteiger partial charge in [-0.25, -0.2) is 4.39 Å². The highest BCUT2D eigenvalue weighted by Gasteiger charge is 2.17. The number of nitrogen functional groups attached to an aromatic ring is 1. The fraction of sp³-hybridized carbons (Fsp3) is 0.0714. The minimum absolute atomic E-state index is 0.286. The van der Waals surface area contributed by atoms with Gasteiger partial charge in [-0.1, -0.05) is 17.7 Å². The Bertz CT molecular complexity index is 795. The number of aromatic nitrogens is 4. The molecule has 0 saturated heterocycles. The molecular formula is C14H11ClFN5. The number of aryl methyl sites for hydroxylation is 1. The van der Waals surface area contributed by atoms with E-state index in [0.717, 1.165) is 0 Å². The summed E-state index contributed by atoms with van der Waals surface area (Å²) in [6, 6.07) is 9.79. The van der Waals surface area contributed by atoms with Crippen molar-refractivity contribution < 1.29 is 4.39 Å². The summed E-state index contributed by atoms with van der Waals surface area (Å²) in [6.07, 6.45) is 0. The van der Waals surface area contributed by atoms with Crippen molar-refractivity contribution in [1.82, 2.24) is 20.2 Å². The SMILES string of the molecule is Cc1cc(-n2nnnc2-c2c(N)cccc2Cl)ccc1F. The number of tetrazole rings is 1. The summed E-state index contributed by atoms with van der Waals surface area (Å²) in [5.41, 5.74) is 8.11. The van der Waals surface area contributed by atoms with Gasteiger partial charge in [-0.2, -0.15) is 4.68 Å². The van der Waals surface area contributed by atoms with Crippen molar-refractivity contribution in [3.8, 4) is 17.1 Å². The molecule has 0 unspecified atom stereocenters. The van der Waals surface area contributed by atoms with Crippen LogP contribution in [0.5, 0.6) is 0 Å². The molecule has 1 aromatic heterocycles. The number of halogens is 2.